The molecule has 0 aromatic heterocycles. The number of hydroxylamine groups is 1. The maximum Gasteiger partial charge on any atom is 0.265 e. The summed E-state index contributed by atoms with van der Waals surface area (Å²) in [6, 6.07) is 14.7. The maximum atomic E-state index is 13.8. The number of likely N-dealkylation sites (tertiary alicyclic amines) is 1. The molecular formula is C29H38N4O6S. The van der Waals surface area contributed by atoms with Gasteiger partial charge in [-0.3, -0.25) is 14.8 Å². The third-order valence-electron chi connectivity index (χ3n) is 8.81. The van der Waals surface area contributed by atoms with E-state index in [4.69, 9.17) is 4.74 Å². The van der Waals surface area contributed by atoms with E-state index in [-0.39, 0.29) is 29.6 Å². The number of benzene rings is 2. The van der Waals surface area contributed by atoms with Crippen LogP contribution in [0.4, 0.5) is 11.4 Å². The first-order valence-electron chi connectivity index (χ1n) is 14.0. The van der Waals surface area contributed by atoms with E-state index >= 15 is 0 Å². The molecule has 3 aliphatic heterocycles. The largest absolute Gasteiger partial charge is 0.383 e. The molecule has 2 aromatic rings. The van der Waals surface area contributed by atoms with Gasteiger partial charge < -0.3 is 19.4 Å². The standard InChI is InChI=1S/C29H38N4O6S/c1-39-21-20-31-18-13-29(14-19-31,28(35)30-36)40(37,38)25-8-6-24(7-9-25)32-15-10-23(11-16-32)27(34)33-17-12-22-4-2-3-5-26(22)33/h2-9,23,36H,10-21H2,1H3,(H,30,35). The van der Waals surface area contributed by atoms with E-state index in [1.807, 2.05) is 23.1 Å². The number of nitrogens with one attached hydrogen (secondary N) is 1. The number of methoxy groups -OCH3 is 1. The molecule has 3 aliphatic rings. The number of hydrogen-bond acceptors (Lipinski definition) is 8. The molecule has 0 aliphatic carbocycles. The molecule has 40 heavy (non-hydrogen) atoms. The summed E-state index contributed by atoms with van der Waals surface area (Å²) in [5.41, 5.74) is 4.74. The molecule has 2 fully saturated rings. The van der Waals surface area contributed by atoms with Gasteiger partial charge in [0.25, 0.3) is 5.91 Å². The van der Waals surface area contributed by atoms with Crippen molar-refractivity contribution in [1.82, 2.24) is 10.4 Å². The zero-order valence-electron chi connectivity index (χ0n) is 22.9. The van der Waals surface area contributed by atoms with Crippen LogP contribution in [-0.4, -0.2) is 88.1 Å². The van der Waals surface area contributed by atoms with Gasteiger partial charge >= 0.3 is 0 Å². The van der Waals surface area contributed by atoms with Crippen LogP contribution in [0.2, 0.25) is 0 Å². The van der Waals surface area contributed by atoms with Crippen molar-refractivity contribution in [2.24, 2.45) is 5.92 Å². The van der Waals surface area contributed by atoms with Gasteiger partial charge in [0.15, 0.2) is 14.6 Å². The van der Waals surface area contributed by atoms with Gasteiger partial charge in [0, 0.05) is 63.7 Å². The Labute approximate surface area is 235 Å². The van der Waals surface area contributed by atoms with Crippen LogP contribution in [-0.2, 0) is 30.6 Å². The number of ether oxygens (including phenoxy) is 1. The monoisotopic (exact) mass is 570 g/mol. The second-order valence-electron chi connectivity index (χ2n) is 10.9. The fraction of sp³-hybridized carbons (Fsp3) is 0.517. The summed E-state index contributed by atoms with van der Waals surface area (Å²) in [6.45, 7) is 4.11. The lowest BCUT2D eigenvalue weighted by Crippen LogP contribution is -2.58. The third-order valence-corrected chi connectivity index (χ3v) is 11.3. The van der Waals surface area contributed by atoms with E-state index in [0.717, 1.165) is 37.2 Å². The normalized spacial score (nSPS) is 19.9. The molecule has 2 saturated heterocycles. The van der Waals surface area contributed by atoms with Gasteiger partial charge in [-0.25, -0.2) is 13.9 Å². The van der Waals surface area contributed by atoms with Crippen LogP contribution in [0.3, 0.4) is 0 Å². The lowest BCUT2D eigenvalue weighted by atomic mass is 9.94. The fourth-order valence-corrected chi connectivity index (χ4v) is 8.27. The first-order chi connectivity index (χ1) is 19.3. The topological polar surface area (TPSA) is 119 Å². The van der Waals surface area contributed by atoms with Gasteiger partial charge in [-0.05, 0) is 68.0 Å². The molecule has 2 aromatic carbocycles. The number of para-hydroxylation sites is 1. The SMILES string of the molecule is COCCN1CCC(C(=O)NO)(S(=O)(=O)c2ccc(N3CCC(C(=O)N4CCc5ccccc54)CC3)cc2)CC1. The summed E-state index contributed by atoms with van der Waals surface area (Å²) in [7, 11) is -2.47. The number of nitrogens with zero attached hydrogens (tertiary/aromatic N) is 3. The number of rotatable bonds is 8. The molecule has 216 valence electrons. The van der Waals surface area contributed by atoms with Crippen molar-refractivity contribution in [3.63, 3.8) is 0 Å². The van der Waals surface area contributed by atoms with Crippen LogP contribution >= 0.6 is 0 Å². The van der Waals surface area contributed by atoms with Gasteiger partial charge in [0.05, 0.1) is 11.5 Å². The number of amides is 2. The Morgan fingerprint density at radius 3 is 2.33 bits per heavy atom. The summed E-state index contributed by atoms with van der Waals surface area (Å²) in [5.74, 6) is -0.740. The summed E-state index contributed by atoms with van der Waals surface area (Å²) in [4.78, 5) is 32.3. The van der Waals surface area contributed by atoms with Crippen molar-refractivity contribution in [3.05, 3.63) is 54.1 Å². The lowest BCUT2D eigenvalue weighted by Gasteiger charge is -2.39. The van der Waals surface area contributed by atoms with Crippen molar-refractivity contribution in [2.45, 2.75) is 41.7 Å². The first kappa shape index (κ1) is 28.5. The molecule has 2 N–H and O–H groups in total. The van der Waals surface area contributed by atoms with Crippen LogP contribution in [0.25, 0.3) is 0 Å². The average Bonchev–Trinajstić information content (AvgIpc) is 3.44. The summed E-state index contributed by atoms with van der Waals surface area (Å²) in [6.07, 6.45) is 2.52. The number of hydrogen-bond donors (Lipinski definition) is 2. The number of fused-ring (bicyclic) bond motifs is 1. The van der Waals surface area contributed by atoms with E-state index < -0.39 is 20.5 Å². The summed E-state index contributed by atoms with van der Waals surface area (Å²) < 4.78 is 30.9. The second-order valence-corrected chi connectivity index (χ2v) is 13.2. The predicted molar refractivity (Wildman–Crippen MR) is 151 cm³/mol. The van der Waals surface area contributed by atoms with Crippen molar-refractivity contribution >= 4 is 33.0 Å². The summed E-state index contributed by atoms with van der Waals surface area (Å²) in [5, 5.41) is 9.43. The maximum absolute atomic E-state index is 13.8. The first-order valence-corrected chi connectivity index (χ1v) is 15.4. The Morgan fingerprint density at radius 1 is 1.00 bits per heavy atom. The quantitative estimate of drug-likeness (QED) is 0.367. The van der Waals surface area contributed by atoms with Crippen molar-refractivity contribution < 1.29 is 28.0 Å². The van der Waals surface area contributed by atoms with Gasteiger partial charge in [0.1, 0.15) is 0 Å². The average molecular weight is 571 g/mol. The lowest BCUT2D eigenvalue weighted by molar-refractivity contribution is -0.133. The number of anilines is 2. The minimum absolute atomic E-state index is 0.0336. The number of carbonyl (C=O) groups is 2. The number of sulfone groups is 1. The van der Waals surface area contributed by atoms with Gasteiger partial charge in [-0.1, -0.05) is 18.2 Å². The smallest absolute Gasteiger partial charge is 0.265 e. The van der Waals surface area contributed by atoms with Gasteiger partial charge in [-0.15, -0.1) is 0 Å². The van der Waals surface area contributed by atoms with E-state index in [2.05, 4.69) is 15.9 Å². The van der Waals surface area contributed by atoms with Crippen molar-refractivity contribution in [2.75, 3.05) is 62.8 Å². The number of carbonyl (C=O) groups excluding carboxylic acids is 2. The highest BCUT2D eigenvalue weighted by atomic mass is 32.2. The Morgan fingerprint density at radius 2 is 1.68 bits per heavy atom. The van der Waals surface area contributed by atoms with Crippen LogP contribution < -0.4 is 15.3 Å². The highest BCUT2D eigenvalue weighted by Gasteiger charge is 2.53. The highest BCUT2D eigenvalue weighted by molar-refractivity contribution is 7.93. The Kier molecular flexibility index (Phi) is 8.46. The molecular weight excluding hydrogens is 532 g/mol. The Bertz CT molecular complexity index is 1320. The van der Waals surface area contributed by atoms with Crippen molar-refractivity contribution in [3.8, 4) is 0 Å². The molecule has 5 rings (SSSR count). The van der Waals surface area contributed by atoms with Crippen molar-refractivity contribution in [1.29, 1.82) is 0 Å². The molecule has 2 amide bonds. The Hall–Kier alpha value is -2.99. The van der Waals surface area contributed by atoms with Crippen LogP contribution in [0, 0.1) is 5.92 Å². The minimum Gasteiger partial charge on any atom is -0.383 e. The minimum atomic E-state index is -4.08. The van der Waals surface area contributed by atoms with E-state index in [0.29, 0.717) is 39.3 Å². The van der Waals surface area contributed by atoms with Crippen LogP contribution in [0.5, 0.6) is 0 Å². The molecule has 11 heteroatoms. The zero-order valence-corrected chi connectivity index (χ0v) is 23.7. The predicted octanol–water partition coefficient (Wildman–Crippen LogP) is 2.25. The molecule has 0 saturated carbocycles. The van der Waals surface area contributed by atoms with Crippen LogP contribution in [0.1, 0.15) is 31.2 Å². The van der Waals surface area contributed by atoms with E-state index in [9.17, 15) is 23.2 Å². The van der Waals surface area contributed by atoms with Gasteiger partial charge in [-0.2, -0.15) is 0 Å². The zero-order chi connectivity index (χ0) is 28.3. The van der Waals surface area contributed by atoms with E-state index in [1.165, 1.54) is 5.56 Å². The molecule has 3 heterocycles. The molecule has 0 radical (unpaired) electrons. The fourth-order valence-electron chi connectivity index (χ4n) is 6.31. The Balaban J connectivity index is 1.24. The summed E-state index contributed by atoms with van der Waals surface area (Å²) >= 11 is 0. The highest BCUT2D eigenvalue weighted by Crippen LogP contribution is 2.37. The molecule has 0 atom stereocenters. The second kappa shape index (κ2) is 11.9. The number of piperidine rings is 2. The molecule has 0 bridgehead atoms. The molecule has 0 unspecified atom stereocenters. The molecule has 10 nitrogen and oxygen atoms in total. The third kappa shape index (κ3) is 5.23. The molecule has 0 spiro atoms. The van der Waals surface area contributed by atoms with Crippen LogP contribution in [0.15, 0.2) is 53.4 Å². The van der Waals surface area contributed by atoms with E-state index in [1.54, 1.807) is 36.9 Å². The van der Waals surface area contributed by atoms with Gasteiger partial charge in [0.2, 0.25) is 5.91 Å².